The maximum absolute atomic E-state index is 14.1. The normalized spacial score (nSPS) is 15.0. The van der Waals surface area contributed by atoms with Crippen molar-refractivity contribution in [2.45, 2.75) is 13.2 Å². The van der Waals surface area contributed by atoms with Crippen LogP contribution in [0.1, 0.15) is 5.56 Å². The molecule has 2 aromatic carbocycles. The van der Waals surface area contributed by atoms with Gasteiger partial charge in [0.15, 0.2) is 5.96 Å². The van der Waals surface area contributed by atoms with Crippen molar-refractivity contribution in [1.82, 2.24) is 10.2 Å². The lowest BCUT2D eigenvalue weighted by atomic mass is 10.2. The monoisotopic (exact) mass is 408 g/mol. The number of piperazine rings is 1. The molecule has 0 bridgehead atoms. The summed E-state index contributed by atoms with van der Waals surface area (Å²) >= 11 is 0. The molecule has 1 aliphatic rings. The Balaban J connectivity index is 1.62. The van der Waals surface area contributed by atoms with Gasteiger partial charge in [0.1, 0.15) is 17.3 Å². The topological polar surface area (TPSA) is 60.3 Å². The summed E-state index contributed by atoms with van der Waals surface area (Å²) in [4.78, 5) is 8.28. The number of phenols is 1. The Hall–Kier alpha value is -3.10. The number of phenolic OH excluding ortho intramolecular Hbond substituents is 1. The van der Waals surface area contributed by atoms with Crippen molar-refractivity contribution >= 4 is 11.6 Å². The Labute approximate surface area is 167 Å². The summed E-state index contributed by atoms with van der Waals surface area (Å²) in [6.45, 7) is -0.481. The van der Waals surface area contributed by atoms with E-state index in [4.69, 9.17) is 0 Å². The Morgan fingerprint density at radius 3 is 2.52 bits per heavy atom. The number of rotatable bonds is 5. The summed E-state index contributed by atoms with van der Waals surface area (Å²) in [5.74, 6) is -0.0643. The molecule has 156 valence electrons. The Morgan fingerprint density at radius 1 is 1.14 bits per heavy atom. The molecule has 2 N–H and O–H groups in total. The minimum Gasteiger partial charge on any atom is -0.506 e. The highest BCUT2D eigenvalue weighted by molar-refractivity contribution is 5.80. The fourth-order valence-electron chi connectivity index (χ4n) is 3.31. The van der Waals surface area contributed by atoms with Crippen molar-refractivity contribution in [2.24, 2.45) is 4.99 Å². The van der Waals surface area contributed by atoms with Crippen molar-refractivity contribution in [1.29, 1.82) is 0 Å². The third kappa shape index (κ3) is 5.04. The van der Waals surface area contributed by atoms with Gasteiger partial charge in [-0.2, -0.15) is 8.78 Å². The molecule has 0 aromatic heterocycles. The van der Waals surface area contributed by atoms with Gasteiger partial charge < -0.3 is 25.0 Å². The zero-order valence-electron chi connectivity index (χ0n) is 16.0. The molecule has 9 heteroatoms. The first kappa shape index (κ1) is 20.6. The smallest absolute Gasteiger partial charge is 0.387 e. The SMILES string of the molecule is CN=C(NCc1c(F)cccc1OC(F)F)N1CCN(c2ccccc2O)CC1. The van der Waals surface area contributed by atoms with Crippen molar-refractivity contribution < 1.29 is 23.0 Å². The number of para-hydroxylation sites is 2. The highest BCUT2D eigenvalue weighted by Crippen LogP contribution is 2.27. The number of hydrogen-bond donors (Lipinski definition) is 2. The number of alkyl halides is 2. The summed E-state index contributed by atoms with van der Waals surface area (Å²) in [5.41, 5.74) is 0.789. The molecule has 29 heavy (non-hydrogen) atoms. The highest BCUT2D eigenvalue weighted by atomic mass is 19.3. The van der Waals surface area contributed by atoms with E-state index in [1.165, 1.54) is 18.2 Å². The summed E-state index contributed by atoms with van der Waals surface area (Å²) < 4.78 is 43.7. The van der Waals surface area contributed by atoms with Gasteiger partial charge in [0.2, 0.25) is 0 Å². The van der Waals surface area contributed by atoms with Gasteiger partial charge in [0.25, 0.3) is 0 Å². The molecule has 0 aliphatic carbocycles. The fourth-order valence-corrected chi connectivity index (χ4v) is 3.31. The molecule has 3 rings (SSSR count). The van der Waals surface area contributed by atoms with E-state index in [0.717, 1.165) is 5.69 Å². The molecule has 0 atom stereocenters. The van der Waals surface area contributed by atoms with Crippen LogP contribution in [-0.2, 0) is 6.54 Å². The van der Waals surface area contributed by atoms with Crippen LogP contribution in [0.4, 0.5) is 18.9 Å². The van der Waals surface area contributed by atoms with Gasteiger partial charge >= 0.3 is 6.61 Å². The Bertz CT molecular complexity index is 855. The average molecular weight is 408 g/mol. The third-order valence-electron chi connectivity index (χ3n) is 4.73. The number of nitrogens with one attached hydrogen (secondary N) is 1. The molecule has 6 nitrogen and oxygen atoms in total. The van der Waals surface area contributed by atoms with Gasteiger partial charge in [-0.25, -0.2) is 4.39 Å². The summed E-state index contributed by atoms with van der Waals surface area (Å²) in [7, 11) is 1.61. The van der Waals surface area contributed by atoms with Gasteiger partial charge in [-0.05, 0) is 24.3 Å². The number of hydrogen-bond acceptors (Lipinski definition) is 4. The number of nitrogens with zero attached hydrogens (tertiary/aromatic N) is 3. The van der Waals surface area contributed by atoms with Crippen LogP contribution in [0.3, 0.4) is 0 Å². The third-order valence-corrected chi connectivity index (χ3v) is 4.73. The van der Waals surface area contributed by atoms with E-state index < -0.39 is 12.4 Å². The Kier molecular flexibility index (Phi) is 6.69. The molecule has 0 saturated carbocycles. The second-order valence-corrected chi connectivity index (χ2v) is 6.46. The van der Waals surface area contributed by atoms with Crippen LogP contribution in [0.25, 0.3) is 0 Å². The number of aliphatic imine (C=N–C) groups is 1. The van der Waals surface area contributed by atoms with E-state index in [1.54, 1.807) is 19.2 Å². The molecule has 1 aliphatic heterocycles. The minimum atomic E-state index is -3.03. The first-order valence-corrected chi connectivity index (χ1v) is 9.20. The maximum atomic E-state index is 14.1. The van der Waals surface area contributed by atoms with Gasteiger partial charge in [-0.1, -0.05) is 18.2 Å². The van der Waals surface area contributed by atoms with E-state index in [0.29, 0.717) is 32.1 Å². The van der Waals surface area contributed by atoms with E-state index in [9.17, 15) is 18.3 Å². The van der Waals surface area contributed by atoms with Crippen molar-refractivity contribution in [3.05, 3.63) is 53.8 Å². The number of benzene rings is 2. The minimum absolute atomic E-state index is 0.0155. The molecular weight excluding hydrogens is 385 g/mol. The van der Waals surface area contributed by atoms with Gasteiger partial charge in [-0.3, -0.25) is 4.99 Å². The van der Waals surface area contributed by atoms with Gasteiger partial charge in [-0.15, -0.1) is 0 Å². The number of ether oxygens (including phenoxy) is 1. The lowest BCUT2D eigenvalue weighted by molar-refractivity contribution is -0.0506. The van der Waals surface area contributed by atoms with Crippen LogP contribution in [0.15, 0.2) is 47.5 Å². The summed E-state index contributed by atoms with van der Waals surface area (Å²) in [6, 6.07) is 11.0. The van der Waals surface area contributed by atoms with Crippen LogP contribution < -0.4 is 15.0 Å². The maximum Gasteiger partial charge on any atom is 0.387 e. The first-order valence-electron chi connectivity index (χ1n) is 9.20. The molecule has 1 saturated heterocycles. The number of halogens is 3. The zero-order chi connectivity index (χ0) is 20.8. The summed E-state index contributed by atoms with van der Waals surface area (Å²) in [5, 5.41) is 13.0. The van der Waals surface area contributed by atoms with Crippen LogP contribution in [-0.4, -0.2) is 55.8 Å². The predicted octanol–water partition coefficient (Wildman–Crippen LogP) is 3.03. The lowest BCUT2D eigenvalue weighted by Gasteiger charge is -2.37. The average Bonchev–Trinajstić information content (AvgIpc) is 2.71. The van der Waals surface area contributed by atoms with Crippen molar-refractivity contribution in [3.8, 4) is 11.5 Å². The number of guanidine groups is 1. The van der Waals surface area contributed by atoms with Crippen molar-refractivity contribution in [2.75, 3.05) is 38.1 Å². The number of anilines is 1. The van der Waals surface area contributed by atoms with Crippen LogP contribution >= 0.6 is 0 Å². The van der Waals surface area contributed by atoms with Gasteiger partial charge in [0.05, 0.1) is 5.69 Å². The van der Waals surface area contributed by atoms with E-state index >= 15 is 0 Å². The largest absolute Gasteiger partial charge is 0.506 e. The predicted molar refractivity (Wildman–Crippen MR) is 105 cm³/mol. The molecule has 1 fully saturated rings. The second-order valence-electron chi connectivity index (χ2n) is 6.46. The zero-order valence-corrected chi connectivity index (χ0v) is 16.0. The van der Waals surface area contributed by atoms with E-state index in [-0.39, 0.29) is 23.6 Å². The molecule has 0 spiro atoms. The molecule has 0 amide bonds. The molecule has 1 heterocycles. The van der Waals surface area contributed by atoms with E-state index in [2.05, 4.69) is 19.9 Å². The lowest BCUT2D eigenvalue weighted by Crippen LogP contribution is -2.52. The summed E-state index contributed by atoms with van der Waals surface area (Å²) in [6.07, 6.45) is 0. The molecular formula is C20H23F3N4O2. The first-order chi connectivity index (χ1) is 14.0. The number of aromatic hydroxyl groups is 1. The molecule has 0 radical (unpaired) electrons. The van der Waals surface area contributed by atoms with Crippen LogP contribution in [0, 0.1) is 5.82 Å². The van der Waals surface area contributed by atoms with E-state index in [1.807, 2.05) is 17.0 Å². The molecule has 2 aromatic rings. The molecule has 0 unspecified atom stereocenters. The standard InChI is InChI=1S/C20H23F3N4O2/c1-24-20(25-13-14-15(21)5-4-8-18(14)29-19(22)23)27-11-9-26(10-12-27)16-6-2-3-7-17(16)28/h2-8,19,28H,9-13H2,1H3,(H,24,25). The van der Waals surface area contributed by atoms with Crippen LogP contribution in [0.5, 0.6) is 11.5 Å². The quantitative estimate of drug-likeness (QED) is 0.588. The fraction of sp³-hybridized carbons (Fsp3) is 0.350. The van der Waals surface area contributed by atoms with Crippen LogP contribution in [0.2, 0.25) is 0 Å². The second kappa shape index (κ2) is 9.40. The Morgan fingerprint density at radius 2 is 1.86 bits per heavy atom. The highest BCUT2D eigenvalue weighted by Gasteiger charge is 2.22. The van der Waals surface area contributed by atoms with Gasteiger partial charge in [0, 0.05) is 45.3 Å². The van der Waals surface area contributed by atoms with Crippen molar-refractivity contribution in [3.63, 3.8) is 0 Å².